The summed E-state index contributed by atoms with van der Waals surface area (Å²) in [7, 11) is 0. The molecule has 0 radical (unpaired) electrons. The summed E-state index contributed by atoms with van der Waals surface area (Å²) in [6.45, 7) is 7.48. The van der Waals surface area contributed by atoms with Gasteiger partial charge in [-0.25, -0.2) is 9.59 Å². The molecule has 0 saturated carbocycles. The Morgan fingerprint density at radius 2 is 1.89 bits per heavy atom. The fourth-order valence-electron chi connectivity index (χ4n) is 1.89. The van der Waals surface area contributed by atoms with Gasteiger partial charge in [0.2, 0.25) is 0 Å². The van der Waals surface area contributed by atoms with Crippen molar-refractivity contribution in [2.45, 2.75) is 39.2 Å². The second-order valence-corrected chi connectivity index (χ2v) is 5.66. The van der Waals surface area contributed by atoms with E-state index in [-0.39, 0.29) is 6.09 Å². The first kappa shape index (κ1) is 14.6. The molecule has 6 nitrogen and oxygen atoms in total. The van der Waals surface area contributed by atoms with Crippen molar-refractivity contribution < 1.29 is 14.3 Å². The van der Waals surface area contributed by atoms with Crippen LogP contribution < -0.4 is 11.1 Å². The van der Waals surface area contributed by atoms with Crippen LogP contribution in [-0.4, -0.2) is 42.3 Å². The lowest BCUT2D eigenvalue weighted by Crippen LogP contribution is -2.44. The summed E-state index contributed by atoms with van der Waals surface area (Å²) < 4.78 is 5.31. The van der Waals surface area contributed by atoms with E-state index < -0.39 is 11.6 Å². The summed E-state index contributed by atoms with van der Waals surface area (Å²) in [6, 6.07) is -0.496. The van der Waals surface area contributed by atoms with Crippen LogP contribution in [0, 0.1) is 5.92 Å². The molecule has 104 valence electrons. The fraction of sp³-hybridized carbons (Fsp3) is 0.833. The van der Waals surface area contributed by atoms with Gasteiger partial charge in [0.25, 0.3) is 0 Å². The van der Waals surface area contributed by atoms with E-state index in [1.54, 1.807) is 4.90 Å². The predicted molar refractivity (Wildman–Crippen MR) is 68.1 cm³/mol. The van der Waals surface area contributed by atoms with Crippen LogP contribution in [0.3, 0.4) is 0 Å². The van der Waals surface area contributed by atoms with Gasteiger partial charge in [-0.3, -0.25) is 0 Å². The number of nitrogens with zero attached hydrogens (tertiary/aromatic N) is 1. The van der Waals surface area contributed by atoms with Gasteiger partial charge in [0.05, 0.1) is 0 Å². The zero-order chi connectivity index (χ0) is 13.8. The first-order chi connectivity index (χ1) is 8.28. The molecule has 0 unspecified atom stereocenters. The predicted octanol–water partition coefficient (Wildman–Crippen LogP) is 1.30. The number of carbonyl (C=O) groups is 2. The van der Waals surface area contributed by atoms with E-state index in [1.165, 1.54) is 0 Å². The van der Waals surface area contributed by atoms with Crippen LogP contribution in [0.15, 0.2) is 0 Å². The van der Waals surface area contributed by atoms with Crippen LogP contribution in [0.1, 0.15) is 33.6 Å². The van der Waals surface area contributed by atoms with Gasteiger partial charge in [-0.05, 0) is 39.5 Å². The Bertz CT molecular complexity index is 304. The molecular weight excluding hydrogens is 234 g/mol. The quantitative estimate of drug-likeness (QED) is 0.782. The lowest BCUT2D eigenvalue weighted by Gasteiger charge is -2.33. The van der Waals surface area contributed by atoms with Gasteiger partial charge in [-0.1, -0.05) is 0 Å². The monoisotopic (exact) mass is 257 g/mol. The van der Waals surface area contributed by atoms with Gasteiger partial charge in [0.15, 0.2) is 0 Å². The zero-order valence-corrected chi connectivity index (χ0v) is 11.4. The first-order valence-corrected chi connectivity index (χ1v) is 6.29. The van der Waals surface area contributed by atoms with Crippen LogP contribution in [0.2, 0.25) is 0 Å². The van der Waals surface area contributed by atoms with E-state index in [0.29, 0.717) is 25.6 Å². The highest BCUT2D eigenvalue weighted by atomic mass is 16.6. The van der Waals surface area contributed by atoms with Gasteiger partial charge < -0.3 is 20.7 Å². The van der Waals surface area contributed by atoms with Gasteiger partial charge in [-0.2, -0.15) is 0 Å². The lowest BCUT2D eigenvalue weighted by molar-refractivity contribution is 0.0184. The van der Waals surface area contributed by atoms with E-state index in [9.17, 15) is 9.59 Å². The Morgan fingerprint density at radius 1 is 1.33 bits per heavy atom. The number of ether oxygens (including phenoxy) is 1. The number of piperidine rings is 1. The molecular formula is C12H23N3O3. The second kappa shape index (κ2) is 5.93. The SMILES string of the molecule is CC(C)(C)OC(=O)N1CCC(CNC(N)=O)CC1. The van der Waals surface area contributed by atoms with Crippen LogP contribution >= 0.6 is 0 Å². The number of urea groups is 1. The smallest absolute Gasteiger partial charge is 0.410 e. The third-order valence-corrected chi connectivity index (χ3v) is 2.83. The maximum atomic E-state index is 11.8. The number of hydrogen-bond donors (Lipinski definition) is 2. The number of primary amides is 1. The Morgan fingerprint density at radius 3 is 2.33 bits per heavy atom. The summed E-state index contributed by atoms with van der Waals surface area (Å²) in [5.74, 6) is 0.385. The maximum absolute atomic E-state index is 11.8. The molecule has 0 bridgehead atoms. The fourth-order valence-corrected chi connectivity index (χ4v) is 1.89. The Balaban J connectivity index is 2.30. The van der Waals surface area contributed by atoms with E-state index in [2.05, 4.69) is 5.32 Å². The minimum Gasteiger partial charge on any atom is -0.444 e. The van der Waals surface area contributed by atoms with Crippen LogP contribution in [0.25, 0.3) is 0 Å². The number of carbonyl (C=O) groups excluding carboxylic acids is 2. The molecule has 6 heteroatoms. The van der Waals surface area contributed by atoms with Crippen molar-refractivity contribution in [2.24, 2.45) is 11.7 Å². The minimum absolute atomic E-state index is 0.260. The zero-order valence-electron chi connectivity index (χ0n) is 11.4. The molecule has 1 heterocycles. The molecule has 0 aromatic carbocycles. The summed E-state index contributed by atoms with van der Waals surface area (Å²) in [5.41, 5.74) is 4.56. The van der Waals surface area contributed by atoms with Crippen LogP contribution in [0.5, 0.6) is 0 Å². The number of nitrogens with one attached hydrogen (secondary N) is 1. The normalized spacial score (nSPS) is 17.4. The summed E-state index contributed by atoms with van der Waals surface area (Å²) >= 11 is 0. The molecule has 0 spiro atoms. The largest absolute Gasteiger partial charge is 0.444 e. The highest BCUT2D eigenvalue weighted by molar-refractivity contribution is 5.71. The van der Waals surface area contributed by atoms with E-state index in [0.717, 1.165) is 12.8 Å². The molecule has 0 aromatic rings. The second-order valence-electron chi connectivity index (χ2n) is 5.66. The van der Waals surface area contributed by atoms with E-state index in [1.807, 2.05) is 20.8 Å². The van der Waals surface area contributed by atoms with Crippen molar-refractivity contribution in [3.8, 4) is 0 Å². The summed E-state index contributed by atoms with van der Waals surface area (Å²) in [4.78, 5) is 24.1. The topological polar surface area (TPSA) is 84.7 Å². The third-order valence-electron chi connectivity index (χ3n) is 2.83. The van der Waals surface area contributed by atoms with Crippen LogP contribution in [0.4, 0.5) is 9.59 Å². The number of rotatable bonds is 2. The summed E-state index contributed by atoms with van der Waals surface area (Å²) in [6.07, 6.45) is 1.46. The first-order valence-electron chi connectivity index (χ1n) is 6.29. The highest BCUT2D eigenvalue weighted by Crippen LogP contribution is 2.18. The van der Waals surface area contributed by atoms with Gasteiger partial charge >= 0.3 is 12.1 Å². The molecule has 1 aliphatic heterocycles. The van der Waals surface area contributed by atoms with E-state index >= 15 is 0 Å². The molecule has 0 aromatic heterocycles. The van der Waals surface area contributed by atoms with Gasteiger partial charge in [-0.15, -0.1) is 0 Å². The average Bonchev–Trinajstić information content (AvgIpc) is 2.24. The molecule has 1 saturated heterocycles. The van der Waals surface area contributed by atoms with Gasteiger partial charge in [0.1, 0.15) is 5.60 Å². The van der Waals surface area contributed by atoms with Crippen LogP contribution in [-0.2, 0) is 4.74 Å². The number of nitrogens with two attached hydrogens (primary N) is 1. The maximum Gasteiger partial charge on any atom is 0.410 e. The Kier molecular flexibility index (Phi) is 4.81. The molecule has 18 heavy (non-hydrogen) atoms. The molecule has 1 fully saturated rings. The molecule has 0 aliphatic carbocycles. The number of likely N-dealkylation sites (tertiary alicyclic amines) is 1. The average molecular weight is 257 g/mol. The number of amides is 3. The highest BCUT2D eigenvalue weighted by Gasteiger charge is 2.26. The van der Waals surface area contributed by atoms with Crippen molar-refractivity contribution in [3.63, 3.8) is 0 Å². The number of hydrogen-bond acceptors (Lipinski definition) is 3. The van der Waals surface area contributed by atoms with Crippen molar-refractivity contribution in [1.82, 2.24) is 10.2 Å². The lowest BCUT2D eigenvalue weighted by atomic mass is 9.97. The third kappa shape index (κ3) is 5.25. The molecule has 1 rings (SSSR count). The molecule has 1 aliphatic rings. The van der Waals surface area contributed by atoms with Crippen molar-refractivity contribution in [1.29, 1.82) is 0 Å². The molecule has 3 amide bonds. The van der Waals surface area contributed by atoms with Crippen molar-refractivity contribution >= 4 is 12.1 Å². The Labute approximate surface area is 108 Å². The van der Waals surface area contributed by atoms with Gasteiger partial charge in [0, 0.05) is 19.6 Å². The minimum atomic E-state index is -0.496. The van der Waals surface area contributed by atoms with E-state index in [4.69, 9.17) is 10.5 Å². The van der Waals surface area contributed by atoms with Crippen molar-refractivity contribution in [2.75, 3.05) is 19.6 Å². The standard InChI is InChI=1S/C12H23N3O3/c1-12(2,3)18-11(17)15-6-4-9(5-7-15)8-14-10(13)16/h9H,4-8H2,1-3H3,(H3,13,14,16). The summed E-state index contributed by atoms with van der Waals surface area (Å²) in [5, 5.41) is 2.60. The Hall–Kier alpha value is -1.46. The molecule has 0 atom stereocenters. The molecule has 3 N–H and O–H groups in total. The van der Waals surface area contributed by atoms with Crippen molar-refractivity contribution in [3.05, 3.63) is 0 Å².